The molecule has 120 valence electrons. The van der Waals surface area contributed by atoms with Crippen LogP contribution in [0, 0.1) is 11.8 Å². The monoisotopic (exact) mass is 311 g/mol. The Morgan fingerprint density at radius 3 is 2.65 bits per heavy atom. The van der Waals surface area contributed by atoms with Crippen LogP contribution in [0.2, 0.25) is 0 Å². The van der Waals surface area contributed by atoms with Gasteiger partial charge < -0.3 is 10.1 Å². The van der Waals surface area contributed by atoms with Gasteiger partial charge in [-0.3, -0.25) is 0 Å². The largest absolute Gasteiger partial charge is 0.444 e. The van der Waals surface area contributed by atoms with E-state index in [1.54, 1.807) is 10.9 Å². The van der Waals surface area contributed by atoms with Crippen molar-refractivity contribution in [2.45, 2.75) is 32.8 Å². The van der Waals surface area contributed by atoms with E-state index < -0.39 is 11.7 Å². The molecule has 0 fully saturated rings. The SMILES string of the molecule is CC(C)(C)OC(=O)NCCC#Cc1ccc(-n2cccn2)cc1. The minimum Gasteiger partial charge on any atom is -0.444 e. The topological polar surface area (TPSA) is 56.1 Å². The summed E-state index contributed by atoms with van der Waals surface area (Å²) >= 11 is 0. The summed E-state index contributed by atoms with van der Waals surface area (Å²) in [5, 5.41) is 6.85. The van der Waals surface area contributed by atoms with Crippen molar-refractivity contribution in [3.05, 3.63) is 48.3 Å². The van der Waals surface area contributed by atoms with Crippen LogP contribution in [0.3, 0.4) is 0 Å². The zero-order valence-electron chi connectivity index (χ0n) is 13.7. The van der Waals surface area contributed by atoms with Gasteiger partial charge in [0.15, 0.2) is 0 Å². The van der Waals surface area contributed by atoms with Gasteiger partial charge in [-0.25, -0.2) is 9.48 Å². The van der Waals surface area contributed by atoms with Crippen LogP contribution in [0.5, 0.6) is 0 Å². The maximum absolute atomic E-state index is 11.5. The molecule has 1 amide bonds. The number of hydrogen-bond acceptors (Lipinski definition) is 3. The molecule has 0 aliphatic carbocycles. The van der Waals surface area contributed by atoms with Crippen LogP contribution in [0.25, 0.3) is 5.69 Å². The zero-order valence-corrected chi connectivity index (χ0v) is 13.7. The highest BCUT2D eigenvalue weighted by molar-refractivity contribution is 5.67. The average Bonchev–Trinajstić information content (AvgIpc) is 3.00. The quantitative estimate of drug-likeness (QED) is 0.700. The minimum atomic E-state index is -0.480. The smallest absolute Gasteiger partial charge is 0.407 e. The van der Waals surface area contributed by atoms with Crippen molar-refractivity contribution < 1.29 is 9.53 Å². The molecule has 1 N–H and O–H groups in total. The Hall–Kier alpha value is -2.74. The summed E-state index contributed by atoms with van der Waals surface area (Å²) in [7, 11) is 0. The first-order valence-electron chi connectivity index (χ1n) is 7.50. The van der Waals surface area contributed by atoms with Crippen molar-refractivity contribution in [3.63, 3.8) is 0 Å². The van der Waals surface area contributed by atoms with Crippen molar-refractivity contribution in [2.24, 2.45) is 0 Å². The Kier molecular flexibility index (Phi) is 5.42. The Labute approximate surface area is 136 Å². The van der Waals surface area contributed by atoms with Crippen LogP contribution in [0.4, 0.5) is 4.79 Å². The number of nitrogens with zero attached hydrogens (tertiary/aromatic N) is 2. The van der Waals surface area contributed by atoms with E-state index in [0.717, 1.165) is 11.3 Å². The van der Waals surface area contributed by atoms with Gasteiger partial charge in [-0.1, -0.05) is 11.8 Å². The summed E-state index contributed by atoms with van der Waals surface area (Å²) in [4.78, 5) is 11.5. The van der Waals surface area contributed by atoms with Crippen molar-refractivity contribution in [2.75, 3.05) is 6.54 Å². The Morgan fingerprint density at radius 2 is 2.04 bits per heavy atom. The fraction of sp³-hybridized carbons (Fsp3) is 0.333. The molecule has 0 saturated heterocycles. The first-order chi connectivity index (χ1) is 10.9. The van der Waals surface area contributed by atoms with E-state index in [-0.39, 0.29) is 0 Å². The highest BCUT2D eigenvalue weighted by atomic mass is 16.6. The van der Waals surface area contributed by atoms with Crippen LogP contribution < -0.4 is 5.32 Å². The van der Waals surface area contributed by atoms with Gasteiger partial charge in [-0.05, 0) is 51.1 Å². The lowest BCUT2D eigenvalue weighted by atomic mass is 10.2. The second-order valence-corrected chi connectivity index (χ2v) is 5.98. The molecule has 1 aromatic heterocycles. The first kappa shape index (κ1) is 16.6. The third kappa shape index (κ3) is 5.87. The Balaban J connectivity index is 1.78. The van der Waals surface area contributed by atoms with Gasteiger partial charge in [0.25, 0.3) is 0 Å². The Morgan fingerprint density at radius 1 is 1.30 bits per heavy atom. The number of ether oxygens (including phenoxy) is 1. The van der Waals surface area contributed by atoms with Gasteiger partial charge in [-0.2, -0.15) is 5.10 Å². The van der Waals surface area contributed by atoms with Crippen molar-refractivity contribution >= 4 is 6.09 Å². The standard InChI is InChI=1S/C18H21N3O2/c1-18(2,3)23-17(22)19-12-5-4-7-15-8-10-16(11-9-15)21-14-6-13-20-21/h6,8-11,13-14H,5,12H2,1-3H3,(H,19,22). The molecule has 0 atom stereocenters. The summed E-state index contributed by atoms with van der Waals surface area (Å²) in [6.07, 6.45) is 3.79. The van der Waals surface area contributed by atoms with Gasteiger partial charge in [0.05, 0.1) is 5.69 Å². The lowest BCUT2D eigenvalue weighted by Crippen LogP contribution is -2.32. The molecule has 0 saturated carbocycles. The fourth-order valence-electron chi connectivity index (χ4n) is 1.82. The van der Waals surface area contributed by atoms with E-state index in [0.29, 0.717) is 13.0 Å². The normalized spacial score (nSPS) is 10.6. The molecule has 0 spiro atoms. The Bertz CT molecular complexity index is 687. The number of carbonyl (C=O) groups is 1. The maximum atomic E-state index is 11.5. The molecule has 0 unspecified atom stereocenters. The van der Waals surface area contributed by atoms with Gasteiger partial charge in [0, 0.05) is 30.9 Å². The number of hydrogen-bond donors (Lipinski definition) is 1. The number of alkyl carbamates (subject to hydrolysis) is 1. The van der Waals surface area contributed by atoms with Crippen LogP contribution in [-0.4, -0.2) is 28.0 Å². The fourth-order valence-corrected chi connectivity index (χ4v) is 1.82. The van der Waals surface area contributed by atoms with Gasteiger partial charge in [-0.15, -0.1) is 0 Å². The van der Waals surface area contributed by atoms with Crippen molar-refractivity contribution in [3.8, 4) is 17.5 Å². The summed E-state index contributed by atoms with van der Waals surface area (Å²) in [6.45, 7) is 5.96. The van der Waals surface area contributed by atoms with Crippen molar-refractivity contribution in [1.82, 2.24) is 15.1 Å². The molecule has 1 aromatic carbocycles. The second kappa shape index (κ2) is 7.50. The molecule has 1 heterocycles. The summed E-state index contributed by atoms with van der Waals surface area (Å²) in [6, 6.07) is 9.72. The van der Waals surface area contributed by atoms with Gasteiger partial charge in [0.2, 0.25) is 0 Å². The summed E-state index contributed by atoms with van der Waals surface area (Å²) in [5.41, 5.74) is 1.44. The van der Waals surface area contributed by atoms with E-state index in [4.69, 9.17) is 4.74 Å². The van der Waals surface area contributed by atoms with E-state index in [9.17, 15) is 4.79 Å². The average molecular weight is 311 g/mol. The van der Waals surface area contributed by atoms with E-state index in [1.165, 1.54) is 0 Å². The van der Waals surface area contributed by atoms with Crippen LogP contribution >= 0.6 is 0 Å². The van der Waals surface area contributed by atoms with Crippen LogP contribution in [-0.2, 0) is 4.74 Å². The molecular weight excluding hydrogens is 290 g/mol. The molecular formula is C18H21N3O2. The predicted molar refractivity (Wildman–Crippen MR) is 89.3 cm³/mol. The summed E-state index contributed by atoms with van der Waals surface area (Å²) < 4.78 is 6.94. The molecule has 0 radical (unpaired) electrons. The van der Waals surface area contributed by atoms with E-state index >= 15 is 0 Å². The van der Waals surface area contributed by atoms with Crippen molar-refractivity contribution in [1.29, 1.82) is 0 Å². The second-order valence-electron chi connectivity index (χ2n) is 5.98. The highest BCUT2D eigenvalue weighted by Gasteiger charge is 2.15. The van der Waals surface area contributed by atoms with Gasteiger partial charge >= 0.3 is 6.09 Å². The zero-order chi connectivity index (χ0) is 16.7. The first-order valence-corrected chi connectivity index (χ1v) is 7.50. The molecule has 5 nitrogen and oxygen atoms in total. The predicted octanol–water partition coefficient (Wildman–Crippen LogP) is 3.14. The number of benzene rings is 1. The number of amides is 1. The maximum Gasteiger partial charge on any atom is 0.407 e. The van der Waals surface area contributed by atoms with Crippen LogP contribution in [0.1, 0.15) is 32.8 Å². The lowest BCUT2D eigenvalue weighted by Gasteiger charge is -2.19. The van der Waals surface area contributed by atoms with Crippen LogP contribution in [0.15, 0.2) is 42.7 Å². The molecule has 0 bridgehead atoms. The van der Waals surface area contributed by atoms with E-state index in [1.807, 2.05) is 57.3 Å². The summed E-state index contributed by atoms with van der Waals surface area (Å²) in [5.74, 6) is 6.10. The third-order valence-corrected chi connectivity index (χ3v) is 2.79. The number of rotatable bonds is 3. The third-order valence-electron chi connectivity index (χ3n) is 2.79. The minimum absolute atomic E-state index is 0.414. The van der Waals surface area contributed by atoms with E-state index in [2.05, 4.69) is 22.3 Å². The molecule has 0 aliphatic heterocycles. The van der Waals surface area contributed by atoms with Gasteiger partial charge in [0.1, 0.15) is 5.60 Å². The highest BCUT2D eigenvalue weighted by Crippen LogP contribution is 2.08. The lowest BCUT2D eigenvalue weighted by molar-refractivity contribution is 0.0529. The number of carbonyl (C=O) groups excluding carboxylic acids is 1. The number of aromatic nitrogens is 2. The molecule has 5 heteroatoms. The molecule has 2 aromatic rings. The molecule has 0 aliphatic rings. The number of nitrogens with one attached hydrogen (secondary N) is 1. The molecule has 23 heavy (non-hydrogen) atoms. The molecule has 2 rings (SSSR count).